The maximum absolute atomic E-state index is 12.6. The maximum atomic E-state index is 12.6. The van der Waals surface area contributed by atoms with Gasteiger partial charge in [-0.15, -0.1) is 11.3 Å². The van der Waals surface area contributed by atoms with Gasteiger partial charge >= 0.3 is 0 Å². The monoisotopic (exact) mass is 362 g/mol. The summed E-state index contributed by atoms with van der Waals surface area (Å²) in [7, 11) is 1.52. The summed E-state index contributed by atoms with van der Waals surface area (Å²) in [5.74, 6) is 0.566. The number of rotatable bonds is 4. The van der Waals surface area contributed by atoms with Crippen molar-refractivity contribution in [3.8, 4) is 16.4 Å². The summed E-state index contributed by atoms with van der Waals surface area (Å²) < 4.78 is 10.7. The Bertz CT molecular complexity index is 901. The Labute approximate surface area is 148 Å². The highest BCUT2D eigenvalue weighted by atomic mass is 35.5. The smallest absolute Gasteiger partial charge is 0.278 e. The molecule has 0 aliphatic carbocycles. The minimum absolute atomic E-state index is 0.228. The fraction of sp³-hybridized carbons (Fsp3) is 0.176. The number of carbonyl (C=O) groups is 1. The number of anilines is 1. The molecule has 1 amide bonds. The number of carbonyl (C=O) groups excluding carboxylic acids is 1. The molecule has 0 fully saturated rings. The summed E-state index contributed by atoms with van der Waals surface area (Å²) in [6.07, 6.45) is 1.27. The fourth-order valence-electron chi connectivity index (χ4n) is 2.25. The van der Waals surface area contributed by atoms with E-state index in [1.54, 1.807) is 12.1 Å². The van der Waals surface area contributed by atoms with Gasteiger partial charge < -0.3 is 14.5 Å². The van der Waals surface area contributed by atoms with E-state index < -0.39 is 0 Å². The van der Waals surface area contributed by atoms with Crippen LogP contribution in [0.25, 0.3) is 10.6 Å². The van der Waals surface area contributed by atoms with E-state index in [1.165, 1.54) is 24.8 Å². The number of nitrogens with one attached hydrogen (secondary N) is 1. The summed E-state index contributed by atoms with van der Waals surface area (Å²) in [6.45, 7) is 3.85. The largest absolute Gasteiger partial charge is 0.495 e. The summed E-state index contributed by atoms with van der Waals surface area (Å²) in [5.41, 5.74) is 1.59. The van der Waals surface area contributed by atoms with Crippen LogP contribution in [0.5, 0.6) is 5.75 Å². The van der Waals surface area contributed by atoms with E-state index in [9.17, 15) is 4.79 Å². The van der Waals surface area contributed by atoms with Gasteiger partial charge in [-0.25, -0.2) is 4.98 Å². The average Bonchev–Trinajstić information content (AvgIpc) is 3.19. The molecule has 0 unspecified atom stereocenters. The molecule has 0 saturated heterocycles. The van der Waals surface area contributed by atoms with Gasteiger partial charge in [0.05, 0.1) is 17.7 Å². The van der Waals surface area contributed by atoms with Gasteiger partial charge in [0.1, 0.15) is 5.75 Å². The van der Waals surface area contributed by atoms with Crippen molar-refractivity contribution in [3.05, 3.63) is 51.8 Å². The summed E-state index contributed by atoms with van der Waals surface area (Å²) >= 11 is 7.63. The van der Waals surface area contributed by atoms with E-state index in [-0.39, 0.29) is 11.6 Å². The number of methoxy groups -OCH3 is 1. The molecule has 3 aromatic rings. The predicted octanol–water partition coefficient (Wildman–Crippen LogP) is 4.93. The van der Waals surface area contributed by atoms with Crippen LogP contribution in [0, 0.1) is 13.8 Å². The number of halogens is 1. The molecule has 7 heteroatoms. The van der Waals surface area contributed by atoms with Gasteiger partial charge in [0, 0.05) is 16.0 Å². The number of amides is 1. The second-order valence-corrected chi connectivity index (χ2v) is 6.89. The van der Waals surface area contributed by atoms with Crippen LogP contribution in [-0.4, -0.2) is 18.0 Å². The van der Waals surface area contributed by atoms with Gasteiger partial charge in [0.2, 0.25) is 0 Å². The van der Waals surface area contributed by atoms with Gasteiger partial charge in [0.25, 0.3) is 5.91 Å². The number of thiophene rings is 1. The Morgan fingerprint density at radius 1 is 1.33 bits per heavy atom. The zero-order valence-electron chi connectivity index (χ0n) is 13.3. The first-order valence-corrected chi connectivity index (χ1v) is 8.35. The van der Waals surface area contributed by atoms with E-state index in [2.05, 4.69) is 10.3 Å². The molecule has 0 saturated carbocycles. The second kappa shape index (κ2) is 6.67. The normalized spacial score (nSPS) is 10.7. The Balaban J connectivity index is 1.92. The Hall–Kier alpha value is -2.31. The number of ether oxygens (including phenoxy) is 1. The van der Waals surface area contributed by atoms with Crippen LogP contribution in [0.3, 0.4) is 0 Å². The molecule has 124 valence electrons. The van der Waals surface area contributed by atoms with Gasteiger partial charge in [-0.05, 0) is 37.6 Å². The molecule has 0 spiro atoms. The van der Waals surface area contributed by atoms with E-state index >= 15 is 0 Å². The van der Waals surface area contributed by atoms with Crippen molar-refractivity contribution in [1.29, 1.82) is 0 Å². The molecule has 3 rings (SSSR count). The maximum Gasteiger partial charge on any atom is 0.278 e. The third-order valence-corrected chi connectivity index (χ3v) is 4.88. The van der Waals surface area contributed by atoms with E-state index in [1.807, 2.05) is 26.0 Å². The van der Waals surface area contributed by atoms with Crippen molar-refractivity contribution < 1.29 is 13.9 Å². The number of aryl methyl sites for hydroxylation is 2. The van der Waals surface area contributed by atoms with Crippen LogP contribution in [0.4, 0.5) is 5.69 Å². The molecule has 5 nitrogen and oxygen atoms in total. The Morgan fingerprint density at radius 3 is 2.79 bits per heavy atom. The molecule has 24 heavy (non-hydrogen) atoms. The lowest BCUT2D eigenvalue weighted by molar-refractivity contribution is 0.102. The van der Waals surface area contributed by atoms with Gasteiger partial charge in [-0.2, -0.15) is 0 Å². The number of hydrogen-bond acceptors (Lipinski definition) is 5. The van der Waals surface area contributed by atoms with Crippen molar-refractivity contribution in [2.45, 2.75) is 13.8 Å². The molecule has 0 atom stereocenters. The van der Waals surface area contributed by atoms with Gasteiger partial charge in [-0.1, -0.05) is 11.6 Å². The summed E-state index contributed by atoms with van der Waals surface area (Å²) in [6, 6.07) is 7.30. The molecular formula is C17H15ClN2O3S. The van der Waals surface area contributed by atoms with Gasteiger partial charge in [0.15, 0.2) is 17.8 Å². The Morgan fingerprint density at radius 2 is 2.12 bits per heavy atom. The van der Waals surface area contributed by atoms with Crippen LogP contribution < -0.4 is 10.1 Å². The second-order valence-electron chi connectivity index (χ2n) is 5.20. The fourth-order valence-corrected chi connectivity index (χ4v) is 3.26. The molecule has 0 radical (unpaired) electrons. The van der Waals surface area contributed by atoms with Crippen molar-refractivity contribution in [1.82, 2.24) is 4.98 Å². The zero-order valence-corrected chi connectivity index (χ0v) is 14.9. The van der Waals surface area contributed by atoms with Crippen molar-refractivity contribution >= 4 is 34.5 Å². The van der Waals surface area contributed by atoms with E-state index in [0.29, 0.717) is 22.2 Å². The van der Waals surface area contributed by atoms with E-state index in [0.717, 1.165) is 15.3 Å². The quantitative estimate of drug-likeness (QED) is 0.714. The lowest BCUT2D eigenvalue weighted by Crippen LogP contribution is -2.14. The third-order valence-electron chi connectivity index (χ3n) is 3.48. The van der Waals surface area contributed by atoms with Crippen LogP contribution in [0.15, 0.2) is 35.1 Å². The summed E-state index contributed by atoms with van der Waals surface area (Å²) in [4.78, 5) is 18.7. The molecule has 0 bridgehead atoms. The number of hydrogen-bond donors (Lipinski definition) is 1. The molecular weight excluding hydrogens is 348 g/mol. The number of nitrogens with zero attached hydrogens (tertiary/aromatic N) is 1. The standard InChI is InChI=1S/C17H15ClN2O3S/c1-9-6-12(13(22-3)7-11(9)18)20-17(21)15-16(23-8-19-15)14-5-4-10(2)24-14/h4-8H,1-3H3,(H,20,21). The highest BCUT2D eigenvalue weighted by Gasteiger charge is 2.21. The number of oxazole rings is 1. The van der Waals surface area contributed by atoms with Crippen LogP contribution in [0.2, 0.25) is 5.02 Å². The molecule has 2 heterocycles. The van der Waals surface area contributed by atoms with Crippen LogP contribution in [-0.2, 0) is 0 Å². The highest BCUT2D eigenvalue weighted by molar-refractivity contribution is 7.15. The summed E-state index contributed by atoms with van der Waals surface area (Å²) in [5, 5.41) is 3.38. The van der Waals surface area contributed by atoms with Crippen LogP contribution >= 0.6 is 22.9 Å². The van der Waals surface area contributed by atoms with Crippen molar-refractivity contribution in [3.63, 3.8) is 0 Å². The minimum atomic E-state index is -0.371. The minimum Gasteiger partial charge on any atom is -0.495 e. The average molecular weight is 363 g/mol. The Kier molecular flexibility index (Phi) is 4.59. The van der Waals surface area contributed by atoms with Crippen LogP contribution in [0.1, 0.15) is 20.9 Å². The topological polar surface area (TPSA) is 64.4 Å². The SMILES string of the molecule is COc1cc(Cl)c(C)cc1NC(=O)c1ncoc1-c1ccc(C)s1. The lowest BCUT2D eigenvalue weighted by atomic mass is 10.2. The highest BCUT2D eigenvalue weighted by Crippen LogP contribution is 2.33. The number of aromatic nitrogens is 1. The lowest BCUT2D eigenvalue weighted by Gasteiger charge is -2.11. The molecule has 1 N–H and O–H groups in total. The first-order chi connectivity index (χ1) is 11.5. The van der Waals surface area contributed by atoms with Crippen molar-refractivity contribution in [2.75, 3.05) is 12.4 Å². The first-order valence-electron chi connectivity index (χ1n) is 7.15. The molecule has 0 aliphatic rings. The molecule has 1 aromatic carbocycles. The molecule has 0 aliphatic heterocycles. The van der Waals surface area contributed by atoms with Gasteiger partial charge in [-0.3, -0.25) is 4.79 Å². The molecule has 2 aromatic heterocycles. The first kappa shape index (κ1) is 16.5. The number of benzene rings is 1. The predicted molar refractivity (Wildman–Crippen MR) is 95.2 cm³/mol. The zero-order chi connectivity index (χ0) is 17.3. The third kappa shape index (κ3) is 3.16. The van der Waals surface area contributed by atoms with E-state index in [4.69, 9.17) is 20.8 Å². The van der Waals surface area contributed by atoms with Crippen molar-refractivity contribution in [2.24, 2.45) is 0 Å².